The summed E-state index contributed by atoms with van der Waals surface area (Å²) in [4.78, 5) is 73.0. The molecule has 0 aromatic carbocycles. The number of carbonyl (C=O) groups excluding carboxylic acids is 4. The van der Waals surface area contributed by atoms with E-state index < -0.39 is 97.5 Å². The first-order valence-electron chi connectivity index (χ1n) is 40.5. The number of esters is 4. The molecule has 17 nitrogen and oxygen atoms in total. The lowest BCUT2D eigenvalue weighted by Crippen LogP contribution is -2.30. The Morgan fingerprint density at radius 2 is 0.520 bits per heavy atom. The number of ether oxygens (including phenoxy) is 4. The second-order valence-corrected chi connectivity index (χ2v) is 30.3. The van der Waals surface area contributed by atoms with Gasteiger partial charge in [-0.3, -0.25) is 37.3 Å². The van der Waals surface area contributed by atoms with Gasteiger partial charge in [0.25, 0.3) is 0 Å². The van der Waals surface area contributed by atoms with Crippen molar-refractivity contribution in [2.75, 3.05) is 39.6 Å². The van der Waals surface area contributed by atoms with Gasteiger partial charge in [0.15, 0.2) is 12.2 Å². The van der Waals surface area contributed by atoms with Gasteiger partial charge in [-0.1, -0.05) is 320 Å². The van der Waals surface area contributed by atoms with Crippen molar-refractivity contribution < 1.29 is 80.2 Å². The number of hydrogen-bond acceptors (Lipinski definition) is 15. The molecule has 584 valence electrons. The molecular formula is C81H148O17P2. The number of phosphoric ester groups is 2. The van der Waals surface area contributed by atoms with E-state index in [4.69, 9.17) is 37.0 Å². The summed E-state index contributed by atoms with van der Waals surface area (Å²) in [6, 6.07) is 0. The predicted octanol–water partition coefficient (Wildman–Crippen LogP) is 23.5. The van der Waals surface area contributed by atoms with Crippen molar-refractivity contribution in [3.63, 3.8) is 0 Å². The predicted molar refractivity (Wildman–Crippen MR) is 409 cm³/mol. The van der Waals surface area contributed by atoms with Gasteiger partial charge in [0.1, 0.15) is 19.3 Å². The van der Waals surface area contributed by atoms with E-state index in [0.29, 0.717) is 25.7 Å². The Morgan fingerprint density at radius 1 is 0.290 bits per heavy atom. The number of allylic oxidation sites excluding steroid dienone is 10. The lowest BCUT2D eigenvalue weighted by atomic mass is 10.0. The van der Waals surface area contributed by atoms with E-state index in [0.717, 1.165) is 148 Å². The average Bonchev–Trinajstić information content (AvgIpc) is 0.946. The number of hydrogen-bond donors (Lipinski definition) is 3. The number of carbonyl (C=O) groups is 4. The number of unbranched alkanes of at least 4 members (excludes halogenated alkanes) is 41. The monoisotopic (exact) mass is 1460 g/mol. The first-order chi connectivity index (χ1) is 48.7. The minimum absolute atomic E-state index is 0.0856. The summed E-state index contributed by atoms with van der Waals surface area (Å²) in [6.07, 6.45) is 73.3. The Kier molecular flexibility index (Phi) is 71.6. The lowest BCUT2D eigenvalue weighted by Gasteiger charge is -2.21. The Morgan fingerprint density at radius 3 is 0.810 bits per heavy atom. The zero-order valence-corrected chi connectivity index (χ0v) is 65.7. The highest BCUT2D eigenvalue weighted by atomic mass is 31.2. The maximum absolute atomic E-state index is 13.1. The van der Waals surface area contributed by atoms with Gasteiger partial charge < -0.3 is 33.8 Å². The van der Waals surface area contributed by atoms with E-state index in [1.165, 1.54) is 148 Å². The Balaban J connectivity index is 5.32. The highest BCUT2D eigenvalue weighted by Gasteiger charge is 2.30. The third kappa shape index (κ3) is 73.1. The fourth-order valence-electron chi connectivity index (χ4n) is 11.3. The van der Waals surface area contributed by atoms with Gasteiger partial charge in [-0.25, -0.2) is 9.13 Å². The van der Waals surface area contributed by atoms with E-state index in [1.54, 1.807) is 0 Å². The van der Waals surface area contributed by atoms with Crippen molar-refractivity contribution in [3.8, 4) is 0 Å². The van der Waals surface area contributed by atoms with Gasteiger partial charge in [0.2, 0.25) is 0 Å². The van der Waals surface area contributed by atoms with Crippen LogP contribution in [0.4, 0.5) is 0 Å². The van der Waals surface area contributed by atoms with Crippen molar-refractivity contribution in [2.45, 2.75) is 393 Å². The lowest BCUT2D eigenvalue weighted by molar-refractivity contribution is -0.161. The second kappa shape index (κ2) is 74.0. The number of aliphatic hydroxyl groups is 1. The van der Waals surface area contributed by atoms with Crippen LogP contribution >= 0.6 is 15.6 Å². The summed E-state index contributed by atoms with van der Waals surface area (Å²) in [7, 11) is -9.94. The van der Waals surface area contributed by atoms with Crippen molar-refractivity contribution in [3.05, 3.63) is 60.8 Å². The normalized spacial score (nSPS) is 14.2. The fourth-order valence-corrected chi connectivity index (χ4v) is 12.9. The smallest absolute Gasteiger partial charge is 0.462 e. The molecule has 0 aliphatic heterocycles. The minimum Gasteiger partial charge on any atom is -0.462 e. The highest BCUT2D eigenvalue weighted by Crippen LogP contribution is 2.45. The SMILES string of the molecule is CC/C=C\C/C=C\C/C=C\C/C=C\CCCCCCCCC(=O)OCC(COP(=O)(O)OCC(O)COP(=O)(O)OCC(COC(=O)CCCCCCCCCCCCCCC)OC(=O)CCCCCCCCCCCCCCC)OC(=O)CCCCCCC/C=C\CCCCCCCC. The molecule has 19 heteroatoms. The van der Waals surface area contributed by atoms with Gasteiger partial charge >= 0.3 is 39.5 Å². The number of aliphatic hydroxyl groups excluding tert-OH is 1. The molecule has 0 spiro atoms. The Labute approximate surface area is 610 Å². The third-order valence-electron chi connectivity index (χ3n) is 17.5. The van der Waals surface area contributed by atoms with Crippen LogP contribution in [0.3, 0.4) is 0 Å². The zero-order valence-electron chi connectivity index (χ0n) is 63.9. The molecule has 5 unspecified atom stereocenters. The van der Waals surface area contributed by atoms with E-state index in [9.17, 15) is 43.2 Å². The quantitative estimate of drug-likeness (QED) is 0.0169. The van der Waals surface area contributed by atoms with E-state index in [1.807, 2.05) is 0 Å². The average molecular weight is 1460 g/mol. The molecule has 0 saturated carbocycles. The van der Waals surface area contributed by atoms with Gasteiger partial charge in [-0.2, -0.15) is 0 Å². The summed E-state index contributed by atoms with van der Waals surface area (Å²) < 4.78 is 68.6. The summed E-state index contributed by atoms with van der Waals surface area (Å²) in [5.41, 5.74) is 0. The van der Waals surface area contributed by atoms with E-state index in [-0.39, 0.29) is 25.7 Å². The second-order valence-electron chi connectivity index (χ2n) is 27.3. The molecule has 0 bridgehead atoms. The number of phosphoric acid groups is 2. The van der Waals surface area contributed by atoms with Crippen molar-refractivity contribution in [1.29, 1.82) is 0 Å². The van der Waals surface area contributed by atoms with Crippen LogP contribution < -0.4 is 0 Å². The molecule has 100 heavy (non-hydrogen) atoms. The molecule has 0 amide bonds. The van der Waals surface area contributed by atoms with Gasteiger partial charge in [0, 0.05) is 25.7 Å². The van der Waals surface area contributed by atoms with Crippen LogP contribution in [-0.2, 0) is 65.4 Å². The summed E-state index contributed by atoms with van der Waals surface area (Å²) >= 11 is 0. The van der Waals surface area contributed by atoms with Crippen LogP contribution in [-0.4, -0.2) is 96.7 Å². The minimum atomic E-state index is -4.97. The topological polar surface area (TPSA) is 237 Å². The molecule has 0 aromatic heterocycles. The maximum atomic E-state index is 13.1. The molecule has 0 rings (SSSR count). The standard InChI is InChI=1S/C81H148O17P2/c1-5-9-13-17-21-25-29-33-35-36-37-38-40-43-46-50-54-58-62-66-79(84)92-72-77(98-81(86)68-64-60-56-52-48-44-39-34-30-26-22-18-14-10-6-2)74-96-100(89,90)94-70-75(82)69-93-99(87,88)95-73-76(97-80(85)67-63-59-55-51-47-42-32-28-24-20-16-12-8-4)71-91-78(83)65-61-57-53-49-45-41-31-27-23-19-15-11-7-3/h9,13,21,25,33-35,37-39,75-77,82H,5-8,10-12,14-20,22-24,26-32,36,40-74H2,1-4H3,(H,87,88)(H,89,90)/b13-9-,25-21-,35-33-,38-37-,39-34-. The molecule has 0 heterocycles. The summed E-state index contributed by atoms with van der Waals surface area (Å²) in [5.74, 6) is -2.16. The first kappa shape index (κ1) is 96.8. The van der Waals surface area contributed by atoms with Crippen LogP contribution in [0.25, 0.3) is 0 Å². The fraction of sp³-hybridized carbons (Fsp3) is 0.827. The van der Waals surface area contributed by atoms with Gasteiger partial charge in [-0.15, -0.1) is 0 Å². The van der Waals surface area contributed by atoms with Crippen LogP contribution in [0, 0.1) is 0 Å². The zero-order chi connectivity index (χ0) is 73.2. The Bertz CT molecular complexity index is 2130. The molecule has 0 radical (unpaired) electrons. The van der Waals surface area contributed by atoms with Crippen molar-refractivity contribution >= 4 is 39.5 Å². The van der Waals surface area contributed by atoms with E-state index in [2.05, 4.69) is 88.5 Å². The van der Waals surface area contributed by atoms with Gasteiger partial charge in [-0.05, 0) is 89.9 Å². The van der Waals surface area contributed by atoms with Gasteiger partial charge in [0.05, 0.1) is 26.4 Å². The van der Waals surface area contributed by atoms with Crippen LogP contribution in [0.2, 0.25) is 0 Å². The van der Waals surface area contributed by atoms with Crippen molar-refractivity contribution in [1.82, 2.24) is 0 Å². The summed E-state index contributed by atoms with van der Waals surface area (Å²) in [5, 5.41) is 10.6. The molecular weight excluding hydrogens is 1310 g/mol. The molecule has 0 aliphatic carbocycles. The first-order valence-corrected chi connectivity index (χ1v) is 43.5. The van der Waals surface area contributed by atoms with E-state index >= 15 is 0 Å². The maximum Gasteiger partial charge on any atom is 0.472 e. The number of rotatable bonds is 77. The van der Waals surface area contributed by atoms with Crippen LogP contribution in [0.1, 0.15) is 374 Å². The largest absolute Gasteiger partial charge is 0.472 e. The molecule has 0 aliphatic rings. The summed E-state index contributed by atoms with van der Waals surface area (Å²) in [6.45, 7) is 4.81. The molecule has 0 aromatic rings. The molecule has 0 saturated heterocycles. The Hall–Kier alpha value is -3.24. The van der Waals surface area contributed by atoms with Crippen LogP contribution in [0.15, 0.2) is 60.8 Å². The molecule has 5 atom stereocenters. The third-order valence-corrected chi connectivity index (χ3v) is 19.4. The molecule has 0 fully saturated rings. The van der Waals surface area contributed by atoms with Crippen molar-refractivity contribution in [2.24, 2.45) is 0 Å². The molecule has 3 N–H and O–H groups in total. The van der Waals surface area contributed by atoms with Crippen LogP contribution in [0.5, 0.6) is 0 Å². The highest BCUT2D eigenvalue weighted by molar-refractivity contribution is 7.47.